The van der Waals surface area contributed by atoms with Crippen molar-refractivity contribution >= 4 is 0 Å². The molecule has 2 aliphatic carbocycles. The summed E-state index contributed by atoms with van der Waals surface area (Å²) in [5.41, 5.74) is 8.23. The van der Waals surface area contributed by atoms with Crippen LogP contribution < -0.4 is 0 Å². The average Bonchev–Trinajstić information content (AvgIpc) is 3.26. The summed E-state index contributed by atoms with van der Waals surface area (Å²) >= 11 is 0. The number of aromatic nitrogens is 1. The lowest BCUT2D eigenvalue weighted by Crippen LogP contribution is -2.32. The van der Waals surface area contributed by atoms with Gasteiger partial charge in [-0.15, -0.1) is 0 Å². The molecule has 3 aliphatic rings. The highest BCUT2D eigenvalue weighted by Crippen LogP contribution is 2.59. The van der Waals surface area contributed by atoms with Gasteiger partial charge in [0.1, 0.15) is 6.10 Å². The number of fused-ring (bicyclic) bond motifs is 4. The maximum absolute atomic E-state index is 11.3. The van der Waals surface area contributed by atoms with Crippen LogP contribution in [-0.2, 0) is 16.8 Å². The third-order valence-electron chi connectivity index (χ3n) is 7.51. The summed E-state index contributed by atoms with van der Waals surface area (Å²) in [6.45, 7) is 11.1. The van der Waals surface area contributed by atoms with Crippen molar-refractivity contribution in [1.29, 1.82) is 0 Å². The number of pyridine rings is 1. The van der Waals surface area contributed by atoms with Gasteiger partial charge in [0.15, 0.2) is 0 Å². The number of aliphatic hydroxyl groups is 1. The highest BCUT2D eigenvalue weighted by Gasteiger charge is 2.52. The fraction of sp³-hybridized carbons (Fsp3) is 0.593. The van der Waals surface area contributed by atoms with Crippen molar-refractivity contribution in [1.82, 2.24) is 4.98 Å². The molecule has 1 saturated carbocycles. The standard InChI is InChI=1S/C27H35NO2/c1-16(2)24-22-23(21-19(28-24)14-26(4,5)15-20(21)29)27(12-6-7-13-27)30-25(22)18-10-8-17(3)9-11-18/h8-11,16,20,25,29H,6-7,12-15H2,1-5H3/t20-,25+/m0/s1. The van der Waals surface area contributed by atoms with Crippen LogP contribution in [-0.4, -0.2) is 10.1 Å². The van der Waals surface area contributed by atoms with Crippen LogP contribution >= 0.6 is 0 Å². The SMILES string of the molecule is Cc1ccc([C@H]2OC3(CCCC3)c3c2c(C(C)C)nc2c3[C@@H](O)CC(C)(C)C2)cc1. The van der Waals surface area contributed by atoms with Gasteiger partial charge in [0.2, 0.25) is 0 Å². The Bertz CT molecular complexity index is 967. The zero-order valence-corrected chi connectivity index (χ0v) is 19.1. The van der Waals surface area contributed by atoms with Gasteiger partial charge >= 0.3 is 0 Å². The fourth-order valence-electron chi connectivity index (χ4n) is 6.16. The predicted molar refractivity (Wildman–Crippen MR) is 120 cm³/mol. The van der Waals surface area contributed by atoms with Crippen molar-refractivity contribution < 1.29 is 9.84 Å². The maximum Gasteiger partial charge on any atom is 0.111 e. The van der Waals surface area contributed by atoms with Crippen LogP contribution in [0.15, 0.2) is 24.3 Å². The Labute approximate surface area is 180 Å². The van der Waals surface area contributed by atoms with E-state index in [0.717, 1.165) is 36.9 Å². The third-order valence-corrected chi connectivity index (χ3v) is 7.51. The Kier molecular flexibility index (Phi) is 4.65. The number of ether oxygens (including phenoxy) is 1. The van der Waals surface area contributed by atoms with Crippen LogP contribution in [0.2, 0.25) is 0 Å². The molecule has 3 heteroatoms. The van der Waals surface area contributed by atoms with Crippen LogP contribution in [0, 0.1) is 12.3 Å². The second-order valence-corrected chi connectivity index (χ2v) is 11.0. The lowest BCUT2D eigenvalue weighted by Gasteiger charge is -2.38. The molecular formula is C27H35NO2. The van der Waals surface area contributed by atoms with Gasteiger partial charge in [0.05, 0.1) is 11.7 Å². The first-order chi connectivity index (χ1) is 14.2. The molecule has 1 aromatic carbocycles. The smallest absolute Gasteiger partial charge is 0.111 e. The van der Waals surface area contributed by atoms with E-state index in [9.17, 15) is 5.11 Å². The van der Waals surface area contributed by atoms with Crippen LogP contribution in [0.1, 0.15) is 117 Å². The Balaban J connectivity index is 1.79. The molecule has 0 amide bonds. The number of hydrogen-bond donors (Lipinski definition) is 1. The minimum Gasteiger partial charge on any atom is -0.388 e. The first kappa shape index (κ1) is 20.2. The summed E-state index contributed by atoms with van der Waals surface area (Å²) in [7, 11) is 0. The summed E-state index contributed by atoms with van der Waals surface area (Å²) < 4.78 is 7.01. The summed E-state index contributed by atoms with van der Waals surface area (Å²) in [4.78, 5) is 5.24. The molecule has 1 spiro atoms. The molecule has 2 aromatic rings. The van der Waals surface area contributed by atoms with E-state index in [2.05, 4.69) is 58.9 Å². The highest BCUT2D eigenvalue weighted by molar-refractivity contribution is 5.54. The van der Waals surface area contributed by atoms with E-state index in [1.165, 1.54) is 40.8 Å². The van der Waals surface area contributed by atoms with Crippen molar-refractivity contribution in [3.8, 4) is 0 Å². The summed E-state index contributed by atoms with van der Waals surface area (Å²) in [5, 5.41) is 11.3. The Morgan fingerprint density at radius 3 is 2.37 bits per heavy atom. The average molecular weight is 406 g/mol. The van der Waals surface area contributed by atoms with E-state index in [1.54, 1.807) is 0 Å². The van der Waals surface area contributed by atoms with Crippen LogP contribution in [0.3, 0.4) is 0 Å². The Morgan fingerprint density at radius 1 is 1.07 bits per heavy atom. The molecule has 1 fully saturated rings. The molecule has 1 N–H and O–H groups in total. The number of aryl methyl sites for hydroxylation is 1. The number of aliphatic hydroxyl groups excluding tert-OH is 1. The van der Waals surface area contributed by atoms with Gasteiger partial charge in [-0.1, -0.05) is 70.4 Å². The molecule has 30 heavy (non-hydrogen) atoms. The molecule has 2 atom stereocenters. The monoisotopic (exact) mass is 405 g/mol. The van der Waals surface area contributed by atoms with Crippen LogP contribution in [0.5, 0.6) is 0 Å². The van der Waals surface area contributed by atoms with Gasteiger partial charge in [-0.05, 0) is 55.1 Å². The highest BCUT2D eigenvalue weighted by atomic mass is 16.5. The molecule has 0 saturated heterocycles. The first-order valence-electron chi connectivity index (χ1n) is 11.7. The van der Waals surface area contributed by atoms with Crippen molar-refractivity contribution in [3.05, 3.63) is 63.5 Å². The molecule has 2 heterocycles. The molecule has 1 aliphatic heterocycles. The molecule has 160 valence electrons. The minimum absolute atomic E-state index is 0.0700. The van der Waals surface area contributed by atoms with E-state index in [4.69, 9.17) is 9.72 Å². The van der Waals surface area contributed by atoms with Gasteiger partial charge in [-0.25, -0.2) is 0 Å². The third kappa shape index (κ3) is 3.05. The molecule has 0 unspecified atom stereocenters. The van der Waals surface area contributed by atoms with E-state index in [0.29, 0.717) is 5.92 Å². The largest absolute Gasteiger partial charge is 0.388 e. The predicted octanol–water partition coefficient (Wildman–Crippen LogP) is 6.41. The summed E-state index contributed by atoms with van der Waals surface area (Å²) in [6.07, 6.45) is 5.66. The molecule has 3 nitrogen and oxygen atoms in total. The molecule has 5 rings (SSSR count). The van der Waals surface area contributed by atoms with Gasteiger partial charge in [0.25, 0.3) is 0 Å². The maximum atomic E-state index is 11.3. The van der Waals surface area contributed by atoms with Gasteiger partial charge in [0, 0.05) is 22.5 Å². The summed E-state index contributed by atoms with van der Waals surface area (Å²) in [6, 6.07) is 8.77. The van der Waals surface area contributed by atoms with Crippen molar-refractivity contribution in [3.63, 3.8) is 0 Å². The molecule has 0 radical (unpaired) electrons. The number of nitrogens with zero attached hydrogens (tertiary/aromatic N) is 1. The Hall–Kier alpha value is -1.71. The summed E-state index contributed by atoms with van der Waals surface area (Å²) in [5.74, 6) is 0.319. The van der Waals surface area contributed by atoms with Crippen molar-refractivity contribution in [2.75, 3.05) is 0 Å². The quantitative estimate of drug-likeness (QED) is 0.628. The number of benzene rings is 1. The number of hydrogen-bond acceptors (Lipinski definition) is 3. The zero-order chi connectivity index (χ0) is 21.3. The van der Waals surface area contributed by atoms with Crippen LogP contribution in [0.25, 0.3) is 0 Å². The fourth-order valence-corrected chi connectivity index (χ4v) is 6.16. The van der Waals surface area contributed by atoms with Crippen LogP contribution in [0.4, 0.5) is 0 Å². The zero-order valence-electron chi connectivity index (χ0n) is 19.1. The molecule has 0 bridgehead atoms. The molecular weight excluding hydrogens is 370 g/mol. The van der Waals surface area contributed by atoms with E-state index < -0.39 is 6.10 Å². The minimum atomic E-state index is -0.455. The second kappa shape index (κ2) is 6.90. The van der Waals surface area contributed by atoms with Crippen molar-refractivity contribution in [2.45, 2.75) is 96.9 Å². The van der Waals surface area contributed by atoms with Crippen molar-refractivity contribution in [2.24, 2.45) is 5.41 Å². The van der Waals surface area contributed by atoms with Gasteiger partial charge in [-0.3, -0.25) is 4.98 Å². The van der Waals surface area contributed by atoms with Gasteiger partial charge < -0.3 is 9.84 Å². The van der Waals surface area contributed by atoms with Gasteiger partial charge in [-0.2, -0.15) is 0 Å². The first-order valence-corrected chi connectivity index (χ1v) is 11.7. The second-order valence-electron chi connectivity index (χ2n) is 11.0. The molecule has 1 aromatic heterocycles. The van der Waals surface area contributed by atoms with E-state index in [1.807, 2.05) is 0 Å². The lowest BCUT2D eigenvalue weighted by atomic mass is 9.70. The number of rotatable bonds is 2. The van der Waals surface area contributed by atoms with E-state index in [-0.39, 0.29) is 17.1 Å². The Morgan fingerprint density at radius 2 is 1.73 bits per heavy atom. The topological polar surface area (TPSA) is 42.4 Å². The normalized spacial score (nSPS) is 26.2. The lowest BCUT2D eigenvalue weighted by molar-refractivity contribution is -0.0580. The van der Waals surface area contributed by atoms with E-state index >= 15 is 0 Å².